The van der Waals surface area contributed by atoms with Crippen molar-refractivity contribution in [1.82, 2.24) is 4.90 Å². The van der Waals surface area contributed by atoms with E-state index in [9.17, 15) is 18.3 Å². The molecule has 0 aliphatic carbocycles. The zero-order valence-electron chi connectivity index (χ0n) is 16.6. The lowest BCUT2D eigenvalue weighted by atomic mass is 9.81. The van der Waals surface area contributed by atoms with E-state index in [1.54, 1.807) is 18.2 Å². The van der Waals surface area contributed by atoms with E-state index in [0.717, 1.165) is 16.8 Å². The van der Waals surface area contributed by atoms with E-state index in [1.165, 1.54) is 25.3 Å². The summed E-state index contributed by atoms with van der Waals surface area (Å²) in [6.07, 6.45) is -5.19. The van der Waals surface area contributed by atoms with Gasteiger partial charge in [0.15, 0.2) is 17.7 Å². The molecular formula is C21H21F3N2O4. The first-order chi connectivity index (χ1) is 14.2. The summed E-state index contributed by atoms with van der Waals surface area (Å²) >= 11 is 0. The maximum Gasteiger partial charge on any atom is 0.573 e. The first kappa shape index (κ1) is 20.3. The van der Waals surface area contributed by atoms with E-state index in [2.05, 4.69) is 9.89 Å². The second-order valence-corrected chi connectivity index (χ2v) is 7.40. The highest BCUT2D eigenvalue weighted by Crippen LogP contribution is 2.47. The lowest BCUT2D eigenvalue weighted by molar-refractivity contribution is -0.274. The quantitative estimate of drug-likeness (QED) is 0.775. The Morgan fingerprint density at radius 1 is 1.20 bits per heavy atom. The topological polar surface area (TPSA) is 63.5 Å². The van der Waals surface area contributed by atoms with Crippen molar-refractivity contribution in [3.63, 3.8) is 0 Å². The number of hydrogen-bond acceptors (Lipinski definition) is 6. The van der Waals surface area contributed by atoms with Gasteiger partial charge < -0.3 is 19.4 Å². The summed E-state index contributed by atoms with van der Waals surface area (Å²) in [5.74, 6) is -0.0870. The van der Waals surface area contributed by atoms with Crippen molar-refractivity contribution in [3.8, 4) is 17.2 Å². The van der Waals surface area contributed by atoms with Crippen molar-refractivity contribution >= 4 is 5.71 Å². The van der Waals surface area contributed by atoms with Crippen LogP contribution in [0.15, 0.2) is 41.6 Å². The minimum absolute atomic E-state index is 0.0346. The molecule has 0 saturated carbocycles. The third kappa shape index (κ3) is 3.65. The smallest absolute Gasteiger partial charge is 0.504 e. The van der Waals surface area contributed by atoms with E-state index >= 15 is 0 Å². The fraction of sp³-hybridized carbons (Fsp3) is 0.381. The van der Waals surface area contributed by atoms with Crippen LogP contribution in [0.25, 0.3) is 0 Å². The Labute approximate surface area is 171 Å². The van der Waals surface area contributed by atoms with Crippen LogP contribution in [0, 0.1) is 0 Å². The molecule has 0 aromatic heterocycles. The molecule has 0 radical (unpaired) electrons. The number of methoxy groups -OCH3 is 1. The minimum atomic E-state index is -4.75. The number of benzene rings is 2. The Balaban J connectivity index is 1.69. The van der Waals surface area contributed by atoms with Crippen molar-refractivity contribution in [2.24, 2.45) is 5.16 Å². The molecule has 2 aromatic rings. The van der Waals surface area contributed by atoms with Crippen molar-refractivity contribution in [2.75, 3.05) is 7.11 Å². The second kappa shape index (κ2) is 7.39. The monoisotopic (exact) mass is 422 g/mol. The molecule has 4 rings (SSSR count). The molecule has 0 amide bonds. The minimum Gasteiger partial charge on any atom is -0.504 e. The lowest BCUT2D eigenvalue weighted by Crippen LogP contribution is -2.45. The average molecular weight is 422 g/mol. The van der Waals surface area contributed by atoms with Gasteiger partial charge in [-0.15, -0.1) is 13.2 Å². The molecule has 0 fully saturated rings. The molecule has 9 heteroatoms. The average Bonchev–Trinajstić information content (AvgIpc) is 3.05. The molecule has 0 bridgehead atoms. The Morgan fingerprint density at radius 2 is 1.97 bits per heavy atom. The molecule has 2 aliphatic heterocycles. The molecule has 2 aliphatic rings. The van der Waals surface area contributed by atoms with Gasteiger partial charge in [-0.1, -0.05) is 17.3 Å². The summed E-state index contributed by atoms with van der Waals surface area (Å²) in [6.45, 7) is 4.14. The zero-order valence-corrected chi connectivity index (χ0v) is 16.6. The molecular weight excluding hydrogens is 401 g/mol. The van der Waals surface area contributed by atoms with Crippen LogP contribution in [0.2, 0.25) is 0 Å². The molecule has 2 aromatic carbocycles. The number of aromatic hydroxyl groups is 1. The van der Waals surface area contributed by atoms with Crippen LogP contribution in [-0.2, 0) is 11.4 Å². The van der Waals surface area contributed by atoms with Gasteiger partial charge in [-0.3, -0.25) is 4.90 Å². The lowest BCUT2D eigenvalue weighted by Gasteiger charge is -2.42. The van der Waals surface area contributed by atoms with Gasteiger partial charge >= 0.3 is 6.36 Å². The van der Waals surface area contributed by atoms with Crippen LogP contribution in [0.4, 0.5) is 13.2 Å². The third-order valence-electron chi connectivity index (χ3n) is 5.53. The van der Waals surface area contributed by atoms with Crippen molar-refractivity contribution in [3.05, 3.63) is 53.1 Å². The van der Waals surface area contributed by atoms with Gasteiger partial charge in [-0.05, 0) is 54.8 Å². The van der Waals surface area contributed by atoms with E-state index in [-0.39, 0.29) is 23.5 Å². The Kier molecular flexibility index (Phi) is 5.01. The van der Waals surface area contributed by atoms with Crippen molar-refractivity contribution in [1.29, 1.82) is 0 Å². The van der Waals surface area contributed by atoms with Crippen molar-refractivity contribution < 1.29 is 32.6 Å². The number of fused-ring (bicyclic) bond motifs is 3. The van der Waals surface area contributed by atoms with Gasteiger partial charge in [0.2, 0.25) is 0 Å². The van der Waals surface area contributed by atoms with Gasteiger partial charge in [0.05, 0.1) is 18.7 Å². The van der Waals surface area contributed by atoms with Gasteiger partial charge in [0.1, 0.15) is 5.75 Å². The number of alkyl halides is 3. The highest BCUT2D eigenvalue weighted by molar-refractivity contribution is 5.91. The molecule has 0 unspecified atom stereocenters. The number of rotatable bonds is 4. The number of oxime groups is 1. The van der Waals surface area contributed by atoms with Gasteiger partial charge in [-0.25, -0.2) is 0 Å². The van der Waals surface area contributed by atoms with E-state index < -0.39 is 12.6 Å². The van der Waals surface area contributed by atoms with E-state index in [4.69, 9.17) is 9.57 Å². The number of ether oxygens (including phenoxy) is 2. The van der Waals surface area contributed by atoms with Gasteiger partial charge in [-0.2, -0.15) is 0 Å². The SMILES string of the molecule is COc1cc2c(cc1O)[C@H]1C(C)=NO[C@H]1N(Cc1cccc(OC(F)(F)F)c1)[C@@H]2C. The first-order valence-corrected chi connectivity index (χ1v) is 9.39. The molecule has 0 spiro atoms. The molecule has 1 N–H and O–H groups in total. The number of nitrogens with zero attached hydrogens (tertiary/aromatic N) is 2. The van der Waals surface area contributed by atoms with E-state index in [0.29, 0.717) is 17.9 Å². The first-order valence-electron chi connectivity index (χ1n) is 9.39. The highest BCUT2D eigenvalue weighted by Gasteiger charge is 2.46. The third-order valence-corrected chi connectivity index (χ3v) is 5.53. The molecule has 160 valence electrons. The summed E-state index contributed by atoms with van der Waals surface area (Å²) in [5.41, 5.74) is 3.24. The standard InChI is InChI=1S/C21H21F3N2O4/c1-11-19-16-8-17(27)18(28-3)9-15(16)12(2)26(20(19)30-25-11)10-13-5-4-6-14(7-13)29-21(22,23)24/h4-9,12,19-20,27H,10H2,1-3H3/t12-,19-,20-/m1/s1. The molecule has 30 heavy (non-hydrogen) atoms. The van der Waals surface area contributed by atoms with Crippen LogP contribution < -0.4 is 9.47 Å². The number of halogens is 3. The number of phenols is 1. The second-order valence-electron chi connectivity index (χ2n) is 7.40. The number of phenolic OH excluding ortho intramolecular Hbond substituents is 1. The molecule has 2 heterocycles. The van der Waals surface area contributed by atoms with Gasteiger partial charge in [0.25, 0.3) is 0 Å². The summed E-state index contributed by atoms with van der Waals surface area (Å²) < 4.78 is 47.1. The maximum atomic E-state index is 12.6. The Bertz CT molecular complexity index is 993. The highest BCUT2D eigenvalue weighted by atomic mass is 19.4. The Hall–Kier alpha value is -2.94. The molecule has 0 saturated heterocycles. The fourth-order valence-corrected chi connectivity index (χ4v) is 4.16. The van der Waals surface area contributed by atoms with Crippen LogP contribution in [-0.4, -0.2) is 35.4 Å². The summed E-state index contributed by atoms with van der Waals surface area (Å²) in [4.78, 5) is 7.70. The predicted molar refractivity (Wildman–Crippen MR) is 102 cm³/mol. The Morgan fingerprint density at radius 3 is 2.67 bits per heavy atom. The number of hydrogen-bond donors (Lipinski definition) is 1. The van der Waals surface area contributed by atoms with Crippen molar-refractivity contribution in [2.45, 2.75) is 44.9 Å². The van der Waals surface area contributed by atoms with Crippen LogP contribution in [0.5, 0.6) is 17.2 Å². The van der Waals surface area contributed by atoms with Crippen LogP contribution >= 0.6 is 0 Å². The van der Waals surface area contributed by atoms with E-state index in [1.807, 2.05) is 18.7 Å². The summed E-state index contributed by atoms with van der Waals surface area (Å²) in [7, 11) is 1.48. The maximum absolute atomic E-state index is 12.6. The summed E-state index contributed by atoms with van der Waals surface area (Å²) in [6, 6.07) is 9.18. The zero-order chi connectivity index (χ0) is 21.6. The summed E-state index contributed by atoms with van der Waals surface area (Å²) in [5, 5.41) is 14.4. The van der Waals surface area contributed by atoms with Crippen LogP contribution in [0.1, 0.15) is 42.5 Å². The van der Waals surface area contributed by atoms with Gasteiger partial charge in [0, 0.05) is 12.6 Å². The largest absolute Gasteiger partial charge is 0.573 e. The predicted octanol–water partition coefficient (Wildman–Crippen LogP) is 4.69. The molecule has 3 atom stereocenters. The van der Waals surface area contributed by atoms with Crippen LogP contribution in [0.3, 0.4) is 0 Å². The normalized spacial score (nSPS) is 23.3. The fourth-order valence-electron chi connectivity index (χ4n) is 4.16. The molecule has 6 nitrogen and oxygen atoms in total.